The van der Waals surface area contributed by atoms with Crippen molar-refractivity contribution in [3.05, 3.63) is 32.6 Å². The summed E-state index contributed by atoms with van der Waals surface area (Å²) in [5.41, 5.74) is 5.46. The lowest BCUT2D eigenvalue weighted by atomic mass is 10.1. The number of aromatic nitrogens is 2. The number of aryl methyl sites for hydroxylation is 3. The van der Waals surface area contributed by atoms with Crippen molar-refractivity contribution in [2.75, 3.05) is 14.1 Å². The molecule has 0 spiro atoms. The van der Waals surface area contributed by atoms with E-state index in [2.05, 4.69) is 22.5 Å². The Morgan fingerprint density at radius 3 is 2.75 bits per heavy atom. The number of hydrogen-bond acceptors (Lipinski definition) is 6. The second-order valence-electron chi connectivity index (χ2n) is 5.84. The highest BCUT2D eigenvalue weighted by molar-refractivity contribution is 7.14. The molecular weight excluding hydrogens is 324 g/mol. The Morgan fingerprint density at radius 1 is 1.33 bits per heavy atom. The molecule has 7 heteroatoms. The van der Waals surface area contributed by atoms with Crippen LogP contribution in [0.2, 0.25) is 0 Å². The molecule has 0 unspecified atom stereocenters. The maximum atomic E-state index is 12.1. The molecule has 2 aromatic rings. The molecular formula is C17H24N4O2S. The zero-order chi connectivity index (χ0) is 17.7. The van der Waals surface area contributed by atoms with Gasteiger partial charge in [0.15, 0.2) is 0 Å². The fraction of sp³-hybridized carbons (Fsp3) is 0.471. The minimum atomic E-state index is -0.139. The molecule has 0 aliphatic carbocycles. The van der Waals surface area contributed by atoms with Gasteiger partial charge in [-0.1, -0.05) is 18.5 Å². The Hall–Kier alpha value is -1.99. The van der Waals surface area contributed by atoms with E-state index in [4.69, 9.17) is 4.52 Å². The van der Waals surface area contributed by atoms with E-state index in [1.54, 1.807) is 19.1 Å². The van der Waals surface area contributed by atoms with Gasteiger partial charge in [0.25, 0.3) is 5.91 Å². The number of amides is 1. The molecule has 0 bridgehead atoms. The van der Waals surface area contributed by atoms with Crippen molar-refractivity contribution in [3.8, 4) is 0 Å². The number of hydrogen-bond donors (Lipinski definition) is 1. The highest BCUT2D eigenvalue weighted by Crippen LogP contribution is 2.23. The van der Waals surface area contributed by atoms with Crippen LogP contribution in [-0.2, 0) is 6.42 Å². The molecule has 2 rings (SSSR count). The highest BCUT2D eigenvalue weighted by atomic mass is 32.1. The molecule has 0 atom stereocenters. The summed E-state index contributed by atoms with van der Waals surface area (Å²) in [6.07, 6.45) is 6.99. The SMILES string of the molecule is CCCCc1noc(C)c1/C=C/c1nc(C)c(C(=O)NN(C)C)s1. The van der Waals surface area contributed by atoms with Crippen molar-refractivity contribution < 1.29 is 9.32 Å². The standard InChI is InChI=1S/C17H24N4O2S/c1-6-7-8-14-13(12(3)23-20-14)9-10-15-18-11(2)16(24-15)17(22)19-21(4)5/h9-10H,6-8H2,1-5H3,(H,19,22)/b10-9+. The van der Waals surface area contributed by atoms with Gasteiger partial charge in [-0.3, -0.25) is 10.2 Å². The smallest absolute Gasteiger partial charge is 0.277 e. The predicted molar refractivity (Wildman–Crippen MR) is 96.8 cm³/mol. The van der Waals surface area contributed by atoms with Crippen LogP contribution >= 0.6 is 11.3 Å². The Labute approximate surface area is 146 Å². The van der Waals surface area contributed by atoms with Crippen molar-refractivity contribution in [1.82, 2.24) is 20.6 Å². The summed E-state index contributed by atoms with van der Waals surface area (Å²) in [6.45, 7) is 5.90. The first-order chi connectivity index (χ1) is 11.4. The lowest BCUT2D eigenvalue weighted by Gasteiger charge is -2.10. The zero-order valence-corrected chi connectivity index (χ0v) is 15.7. The van der Waals surface area contributed by atoms with E-state index < -0.39 is 0 Å². The molecule has 2 heterocycles. The van der Waals surface area contributed by atoms with Crippen LogP contribution in [0.25, 0.3) is 12.2 Å². The van der Waals surface area contributed by atoms with Crippen molar-refractivity contribution in [1.29, 1.82) is 0 Å². The van der Waals surface area contributed by atoms with Crippen LogP contribution in [0, 0.1) is 13.8 Å². The Balaban J connectivity index is 2.18. The Bertz CT molecular complexity index is 731. The van der Waals surface area contributed by atoms with Crippen molar-refractivity contribution >= 4 is 29.4 Å². The first-order valence-corrected chi connectivity index (χ1v) is 8.83. The fourth-order valence-corrected chi connectivity index (χ4v) is 3.13. The number of nitrogens with one attached hydrogen (secondary N) is 1. The normalized spacial score (nSPS) is 11.6. The number of hydrazine groups is 1. The topological polar surface area (TPSA) is 71.3 Å². The first kappa shape index (κ1) is 18.4. The van der Waals surface area contributed by atoms with E-state index in [-0.39, 0.29) is 5.91 Å². The van der Waals surface area contributed by atoms with E-state index in [1.807, 2.05) is 26.0 Å². The second-order valence-corrected chi connectivity index (χ2v) is 6.87. The van der Waals surface area contributed by atoms with Crippen molar-refractivity contribution in [2.24, 2.45) is 0 Å². The maximum Gasteiger partial charge on any atom is 0.277 e. The van der Waals surface area contributed by atoms with E-state index in [0.29, 0.717) is 4.88 Å². The fourth-order valence-electron chi connectivity index (χ4n) is 2.27. The third-order valence-electron chi connectivity index (χ3n) is 3.49. The molecule has 0 aliphatic rings. The van der Waals surface area contributed by atoms with Gasteiger partial charge in [0, 0.05) is 19.7 Å². The molecule has 0 fully saturated rings. The van der Waals surface area contributed by atoms with Crippen LogP contribution < -0.4 is 5.43 Å². The van der Waals surface area contributed by atoms with E-state index >= 15 is 0 Å². The molecule has 130 valence electrons. The van der Waals surface area contributed by atoms with Crippen molar-refractivity contribution in [3.63, 3.8) is 0 Å². The third-order valence-corrected chi connectivity index (χ3v) is 4.61. The molecule has 1 N–H and O–H groups in total. The highest BCUT2D eigenvalue weighted by Gasteiger charge is 2.15. The predicted octanol–water partition coefficient (Wildman–Crippen LogP) is 3.47. The zero-order valence-electron chi connectivity index (χ0n) is 14.8. The number of carbonyl (C=O) groups is 1. The van der Waals surface area contributed by atoms with Crippen LogP contribution in [0.4, 0.5) is 0 Å². The molecule has 1 amide bonds. The van der Waals surface area contributed by atoms with Gasteiger partial charge in [-0.25, -0.2) is 9.99 Å². The van der Waals surface area contributed by atoms with Crippen LogP contribution in [-0.4, -0.2) is 35.2 Å². The van der Waals surface area contributed by atoms with Gasteiger partial charge in [0.1, 0.15) is 15.6 Å². The molecule has 6 nitrogen and oxygen atoms in total. The Kier molecular flexibility index (Phi) is 6.28. The number of rotatable bonds is 7. The molecule has 0 radical (unpaired) electrons. The Morgan fingerprint density at radius 2 is 2.08 bits per heavy atom. The summed E-state index contributed by atoms with van der Waals surface area (Å²) < 4.78 is 5.30. The van der Waals surface area contributed by atoms with Crippen LogP contribution in [0.5, 0.6) is 0 Å². The number of unbranched alkanes of at least 4 members (excludes halogenated alkanes) is 1. The second kappa shape index (κ2) is 8.21. The number of carbonyl (C=O) groups excluding carboxylic acids is 1. The van der Waals surface area contributed by atoms with Gasteiger partial charge in [0.05, 0.1) is 11.4 Å². The lowest BCUT2D eigenvalue weighted by Crippen LogP contribution is -2.35. The number of nitrogens with zero attached hydrogens (tertiary/aromatic N) is 3. The average molecular weight is 348 g/mol. The molecule has 0 saturated carbocycles. The minimum absolute atomic E-state index is 0.139. The van der Waals surface area contributed by atoms with Gasteiger partial charge in [-0.15, -0.1) is 11.3 Å². The van der Waals surface area contributed by atoms with E-state index in [1.165, 1.54) is 11.3 Å². The largest absolute Gasteiger partial charge is 0.361 e. The average Bonchev–Trinajstić information content (AvgIpc) is 3.05. The van der Waals surface area contributed by atoms with Crippen molar-refractivity contribution in [2.45, 2.75) is 40.0 Å². The monoisotopic (exact) mass is 348 g/mol. The van der Waals surface area contributed by atoms with Gasteiger partial charge in [-0.05, 0) is 38.8 Å². The quantitative estimate of drug-likeness (QED) is 0.776. The third kappa shape index (κ3) is 4.52. The first-order valence-electron chi connectivity index (χ1n) is 8.01. The minimum Gasteiger partial charge on any atom is -0.361 e. The van der Waals surface area contributed by atoms with Gasteiger partial charge in [-0.2, -0.15) is 0 Å². The molecule has 0 aliphatic heterocycles. The van der Waals surface area contributed by atoms with Crippen LogP contribution in [0.15, 0.2) is 4.52 Å². The van der Waals surface area contributed by atoms with E-state index in [0.717, 1.165) is 47.0 Å². The number of thiazole rings is 1. The lowest BCUT2D eigenvalue weighted by molar-refractivity contribution is 0.0860. The molecule has 0 aromatic carbocycles. The van der Waals surface area contributed by atoms with Crippen LogP contribution in [0.3, 0.4) is 0 Å². The summed E-state index contributed by atoms with van der Waals surface area (Å²) >= 11 is 1.37. The van der Waals surface area contributed by atoms with Gasteiger partial charge < -0.3 is 4.52 Å². The van der Waals surface area contributed by atoms with Crippen LogP contribution in [0.1, 0.15) is 57.2 Å². The van der Waals surface area contributed by atoms with Gasteiger partial charge in [0.2, 0.25) is 0 Å². The summed E-state index contributed by atoms with van der Waals surface area (Å²) in [4.78, 5) is 17.2. The summed E-state index contributed by atoms with van der Waals surface area (Å²) in [5.74, 6) is 0.663. The summed E-state index contributed by atoms with van der Waals surface area (Å²) in [6, 6.07) is 0. The van der Waals surface area contributed by atoms with E-state index in [9.17, 15) is 4.79 Å². The molecule has 0 saturated heterocycles. The summed E-state index contributed by atoms with van der Waals surface area (Å²) in [7, 11) is 3.56. The van der Waals surface area contributed by atoms with Gasteiger partial charge >= 0.3 is 0 Å². The maximum absolute atomic E-state index is 12.1. The summed E-state index contributed by atoms with van der Waals surface area (Å²) in [5, 5.41) is 6.55. The molecule has 2 aromatic heterocycles. The molecule has 24 heavy (non-hydrogen) atoms.